The molecule has 0 spiro atoms. The first-order chi connectivity index (χ1) is 17.1. The molecule has 4 aliphatic carbocycles. The van der Waals surface area contributed by atoms with Crippen LogP contribution in [0.2, 0.25) is 0 Å². The monoisotopic (exact) mass is 461 g/mol. The van der Waals surface area contributed by atoms with Gasteiger partial charge in [0.1, 0.15) is 5.75 Å². The molecule has 35 heavy (non-hydrogen) atoms. The first-order valence-electron chi connectivity index (χ1n) is 12.1. The molecule has 2 saturated carbocycles. The molecule has 3 fully saturated rings. The molecule has 0 radical (unpaired) electrons. The van der Waals surface area contributed by atoms with Crippen LogP contribution in [0.3, 0.4) is 0 Å². The Balaban J connectivity index is 1.17. The first-order valence-corrected chi connectivity index (χ1v) is 12.1. The molecule has 0 aromatic heterocycles. The lowest BCUT2D eigenvalue weighted by atomic mass is 9.63. The second-order valence-corrected chi connectivity index (χ2v) is 9.97. The zero-order valence-corrected chi connectivity index (χ0v) is 18.9. The van der Waals surface area contributed by atoms with E-state index in [1.54, 1.807) is 30.3 Å². The van der Waals surface area contributed by atoms with Crippen molar-refractivity contribution in [1.82, 2.24) is 0 Å². The zero-order chi connectivity index (χ0) is 23.7. The smallest absolute Gasteiger partial charge is 0.343 e. The largest absolute Gasteiger partial charge is 0.422 e. The summed E-state index contributed by atoms with van der Waals surface area (Å²) in [5.41, 5.74) is 2.49. The number of amides is 2. The van der Waals surface area contributed by atoms with Gasteiger partial charge in [-0.15, -0.1) is 0 Å². The van der Waals surface area contributed by atoms with Crippen molar-refractivity contribution in [3.8, 4) is 16.9 Å². The van der Waals surface area contributed by atoms with Gasteiger partial charge in [-0.25, -0.2) is 9.69 Å². The highest BCUT2D eigenvalue weighted by molar-refractivity contribution is 6.23. The van der Waals surface area contributed by atoms with Crippen LogP contribution in [0.25, 0.3) is 11.1 Å². The Hall–Kier alpha value is -3.99. The van der Waals surface area contributed by atoms with Crippen LogP contribution in [0.15, 0.2) is 91.0 Å². The van der Waals surface area contributed by atoms with Crippen molar-refractivity contribution in [3.05, 3.63) is 96.6 Å². The molecule has 1 aliphatic heterocycles. The van der Waals surface area contributed by atoms with E-state index in [2.05, 4.69) is 12.2 Å². The van der Waals surface area contributed by atoms with Crippen molar-refractivity contribution >= 4 is 23.5 Å². The molecule has 0 unspecified atom stereocenters. The standard InChI is InChI=1S/C30H23NO4/c32-28-26-21-13-14-22(24-16-23(21)24)27(26)29(33)31(28)19-10-6-9-18(15-19)30(34)35-25-12-5-4-11-20(25)17-7-2-1-3-8-17/h1-15,21-24,26-27H,16H2/t21-,22-,23-,24-,26+,27+/m0/s1. The summed E-state index contributed by atoms with van der Waals surface area (Å²) >= 11 is 0. The van der Waals surface area contributed by atoms with Gasteiger partial charge in [-0.2, -0.15) is 0 Å². The summed E-state index contributed by atoms with van der Waals surface area (Å²) in [4.78, 5) is 41.3. The van der Waals surface area contributed by atoms with Crippen LogP contribution < -0.4 is 9.64 Å². The molecule has 5 heteroatoms. The van der Waals surface area contributed by atoms with Gasteiger partial charge in [0.2, 0.25) is 11.8 Å². The SMILES string of the molecule is O=C(Oc1ccccc1-c1ccccc1)c1cccc(N2C(=O)[C@@H]3[C@H]4C=C[C@@H]([C@@H]5C[C@@H]45)[C@H]3C2=O)c1. The lowest BCUT2D eigenvalue weighted by molar-refractivity contribution is -0.124. The molecule has 3 aromatic carbocycles. The minimum absolute atomic E-state index is 0.135. The van der Waals surface area contributed by atoms with Gasteiger partial charge in [0, 0.05) is 5.56 Å². The quantitative estimate of drug-likeness (QED) is 0.234. The number of imide groups is 1. The number of hydrogen-bond acceptors (Lipinski definition) is 4. The van der Waals surface area contributed by atoms with Gasteiger partial charge in [0.25, 0.3) is 0 Å². The number of nitrogens with zero attached hydrogens (tertiary/aromatic N) is 1. The summed E-state index contributed by atoms with van der Waals surface area (Å²) in [6.45, 7) is 0. The Bertz CT molecular complexity index is 1370. The Labute approximate surface area is 203 Å². The van der Waals surface area contributed by atoms with Crippen molar-refractivity contribution < 1.29 is 19.1 Å². The van der Waals surface area contributed by atoms with Gasteiger partial charge < -0.3 is 4.74 Å². The first kappa shape index (κ1) is 20.4. The number of esters is 1. The molecule has 2 amide bonds. The molecule has 0 N–H and O–H groups in total. The number of ether oxygens (including phenoxy) is 1. The lowest BCUT2D eigenvalue weighted by Gasteiger charge is -2.37. The van der Waals surface area contributed by atoms with Crippen molar-refractivity contribution in [1.29, 1.82) is 0 Å². The van der Waals surface area contributed by atoms with Crippen molar-refractivity contribution in [2.75, 3.05) is 4.90 Å². The molecule has 3 aromatic rings. The van der Waals surface area contributed by atoms with Crippen molar-refractivity contribution in [3.63, 3.8) is 0 Å². The highest BCUT2D eigenvalue weighted by atomic mass is 16.5. The second-order valence-electron chi connectivity index (χ2n) is 9.97. The zero-order valence-electron chi connectivity index (χ0n) is 18.9. The number of benzene rings is 3. The van der Waals surface area contributed by atoms with E-state index in [0.29, 0.717) is 28.8 Å². The van der Waals surface area contributed by atoms with E-state index in [0.717, 1.165) is 17.5 Å². The molecule has 6 atom stereocenters. The van der Waals surface area contributed by atoms with Crippen LogP contribution in [0.4, 0.5) is 5.69 Å². The normalized spacial score (nSPS) is 29.7. The topological polar surface area (TPSA) is 63.7 Å². The molecule has 5 nitrogen and oxygen atoms in total. The summed E-state index contributed by atoms with van der Waals surface area (Å²) in [6.07, 6.45) is 5.45. The van der Waals surface area contributed by atoms with E-state index in [4.69, 9.17) is 4.74 Å². The minimum Gasteiger partial charge on any atom is -0.422 e. The molecule has 1 saturated heterocycles. The van der Waals surface area contributed by atoms with Crippen LogP contribution in [-0.2, 0) is 9.59 Å². The summed E-state index contributed by atoms with van der Waals surface area (Å²) in [5.74, 6) is 0.546. The van der Waals surface area contributed by atoms with Gasteiger partial charge in [-0.3, -0.25) is 9.59 Å². The maximum atomic E-state index is 13.4. The summed E-state index contributed by atoms with van der Waals surface area (Å²) in [6, 6.07) is 23.8. The fourth-order valence-corrected chi connectivity index (χ4v) is 6.55. The molecule has 172 valence electrons. The third-order valence-electron chi connectivity index (χ3n) is 8.18. The highest BCUT2D eigenvalue weighted by Crippen LogP contribution is 2.65. The third-order valence-corrected chi connectivity index (χ3v) is 8.18. The number of para-hydroxylation sites is 1. The fourth-order valence-electron chi connectivity index (χ4n) is 6.55. The number of anilines is 1. The number of carbonyl (C=O) groups is 3. The molecule has 5 aliphatic rings. The van der Waals surface area contributed by atoms with Crippen LogP contribution >= 0.6 is 0 Å². The molecular formula is C30H23NO4. The predicted molar refractivity (Wildman–Crippen MR) is 130 cm³/mol. The van der Waals surface area contributed by atoms with Gasteiger partial charge >= 0.3 is 5.97 Å². The van der Waals surface area contributed by atoms with Crippen LogP contribution in [0.1, 0.15) is 16.8 Å². The number of rotatable bonds is 4. The molecular weight excluding hydrogens is 438 g/mol. The van der Waals surface area contributed by atoms with E-state index in [9.17, 15) is 14.4 Å². The van der Waals surface area contributed by atoms with Gasteiger partial charge in [0.05, 0.1) is 23.1 Å². The summed E-state index contributed by atoms with van der Waals surface area (Å²) in [5, 5.41) is 0. The van der Waals surface area contributed by atoms with Crippen molar-refractivity contribution in [2.45, 2.75) is 6.42 Å². The third kappa shape index (κ3) is 3.04. The lowest BCUT2D eigenvalue weighted by Crippen LogP contribution is -2.40. The van der Waals surface area contributed by atoms with E-state index in [-0.39, 0.29) is 35.5 Å². The Morgan fingerprint density at radius 3 is 2.14 bits per heavy atom. The van der Waals surface area contributed by atoms with Gasteiger partial charge in [-0.1, -0.05) is 66.7 Å². The van der Waals surface area contributed by atoms with Gasteiger partial charge in [0.15, 0.2) is 0 Å². The van der Waals surface area contributed by atoms with E-state index in [1.807, 2.05) is 48.5 Å². The number of allylic oxidation sites excluding steroid dienone is 2. The van der Waals surface area contributed by atoms with Crippen LogP contribution in [-0.4, -0.2) is 17.8 Å². The number of carbonyl (C=O) groups excluding carboxylic acids is 3. The maximum Gasteiger partial charge on any atom is 0.343 e. The molecule has 8 rings (SSSR count). The predicted octanol–water partition coefficient (Wildman–Crippen LogP) is 5.13. The van der Waals surface area contributed by atoms with Crippen LogP contribution in [0, 0.1) is 35.5 Å². The van der Waals surface area contributed by atoms with Gasteiger partial charge in [-0.05, 0) is 59.9 Å². The maximum absolute atomic E-state index is 13.4. The number of hydrogen-bond donors (Lipinski definition) is 0. The van der Waals surface area contributed by atoms with E-state index < -0.39 is 5.97 Å². The Kier molecular flexibility index (Phi) is 4.37. The van der Waals surface area contributed by atoms with E-state index in [1.165, 1.54) is 4.90 Å². The molecule has 2 bridgehead atoms. The average molecular weight is 462 g/mol. The fraction of sp³-hybridized carbons (Fsp3) is 0.233. The van der Waals surface area contributed by atoms with Crippen molar-refractivity contribution in [2.24, 2.45) is 35.5 Å². The molecule has 1 heterocycles. The Morgan fingerprint density at radius 2 is 1.43 bits per heavy atom. The Morgan fingerprint density at radius 1 is 0.771 bits per heavy atom. The minimum atomic E-state index is -0.533. The average Bonchev–Trinajstić information content (AvgIpc) is 3.68. The summed E-state index contributed by atoms with van der Waals surface area (Å²) in [7, 11) is 0. The summed E-state index contributed by atoms with van der Waals surface area (Å²) < 4.78 is 5.78. The van der Waals surface area contributed by atoms with Crippen LogP contribution in [0.5, 0.6) is 5.75 Å². The highest BCUT2D eigenvalue weighted by Gasteiger charge is 2.67. The van der Waals surface area contributed by atoms with E-state index >= 15 is 0 Å². The second kappa shape index (κ2) is 7.51.